The maximum atomic E-state index is 6.45. The van der Waals surface area contributed by atoms with Gasteiger partial charge in [0.2, 0.25) is 0 Å². The van der Waals surface area contributed by atoms with E-state index in [1.54, 1.807) is 0 Å². The summed E-state index contributed by atoms with van der Waals surface area (Å²) < 4.78 is 15.4. The molecular formula is C101H70N2O2S. The first-order valence-electron chi connectivity index (χ1n) is 37.0. The number of anilines is 6. The van der Waals surface area contributed by atoms with Crippen LogP contribution in [0.4, 0.5) is 34.1 Å². The minimum atomic E-state index is -0.302. The SMILES string of the molecule is CC1(C)c2ccccc2-c2cc(N(c3ccc(-c4cccc5ccc6oc7ccccc7c6c45)cc3)c3ccc4c(c3)sc3ccc(-c5ccc6c(c5)C(C)(C)c5cc(N(c7ccc(-c8cccc9ccc%10oc%11ccccc%11c%10c89)cc7)c7ccc8c(c7)C(C)(C)c7ccccc7-8)ccc5-6)cc34)ccc21. The molecule has 0 unspecified atom stereocenters. The van der Waals surface area contributed by atoms with Gasteiger partial charge in [0.05, 0.1) is 0 Å². The third-order valence-corrected chi connectivity index (χ3v) is 25.4. The maximum absolute atomic E-state index is 6.45. The Balaban J connectivity index is 0.618. The zero-order chi connectivity index (χ0) is 70.6. The minimum absolute atomic E-state index is 0.108. The van der Waals surface area contributed by atoms with E-state index in [-0.39, 0.29) is 16.2 Å². The lowest BCUT2D eigenvalue weighted by Gasteiger charge is -2.30. The summed E-state index contributed by atoms with van der Waals surface area (Å²) in [6, 6.07) is 118. The molecular weight excluding hydrogens is 1310 g/mol. The van der Waals surface area contributed by atoms with Crippen LogP contribution in [0.25, 0.3) is 152 Å². The number of para-hydroxylation sites is 2. The average Bonchev–Trinajstić information content (AvgIpc) is 1.55. The molecule has 106 heavy (non-hydrogen) atoms. The molecule has 3 aliphatic rings. The van der Waals surface area contributed by atoms with Crippen LogP contribution in [0.15, 0.2) is 324 Å². The fourth-order valence-electron chi connectivity index (χ4n) is 18.9. The van der Waals surface area contributed by atoms with Crippen LogP contribution < -0.4 is 9.80 Å². The summed E-state index contributed by atoms with van der Waals surface area (Å²) in [4.78, 5) is 4.94. The molecule has 4 nitrogen and oxygen atoms in total. The highest BCUT2D eigenvalue weighted by Crippen LogP contribution is 2.56. The van der Waals surface area contributed by atoms with Gasteiger partial charge in [-0.05, 0) is 226 Å². The lowest BCUT2D eigenvalue weighted by Crippen LogP contribution is -2.18. The average molecular weight is 1380 g/mol. The van der Waals surface area contributed by atoms with Crippen molar-refractivity contribution in [2.24, 2.45) is 0 Å². The molecule has 3 aliphatic carbocycles. The predicted octanol–water partition coefficient (Wildman–Crippen LogP) is 29.0. The minimum Gasteiger partial charge on any atom is -0.456 e. The summed E-state index contributed by atoms with van der Waals surface area (Å²) in [6.45, 7) is 14.3. The molecule has 0 aliphatic heterocycles. The van der Waals surface area contributed by atoms with Crippen molar-refractivity contribution >= 4 is 131 Å². The number of benzene rings is 16. The van der Waals surface area contributed by atoms with Crippen molar-refractivity contribution in [3.8, 4) is 66.8 Å². The van der Waals surface area contributed by atoms with Crippen molar-refractivity contribution in [1.29, 1.82) is 0 Å². The summed E-state index contributed by atoms with van der Waals surface area (Å²) in [5.41, 5.74) is 32.8. The maximum Gasteiger partial charge on any atom is 0.136 e. The summed E-state index contributed by atoms with van der Waals surface area (Å²) in [6.07, 6.45) is 0. The van der Waals surface area contributed by atoms with E-state index in [0.29, 0.717) is 0 Å². The number of hydrogen-bond acceptors (Lipinski definition) is 5. The van der Waals surface area contributed by atoms with Crippen molar-refractivity contribution in [2.45, 2.75) is 57.8 Å². The Morgan fingerprint density at radius 2 is 0.632 bits per heavy atom. The molecule has 3 heterocycles. The standard InChI is InChI=1S/C101H70N2O2S/c1-99(2)84-26-12-8-20-74(84)81-55-67(44-49-85(81)99)102(65-37-29-59(30-38-65)71-23-15-17-61-34-50-91-97(95(61)71)79-21-9-13-27-89(79)104-91)70-43-48-78-82-53-63(36-52-93(82)106-94(78)58-70)64-33-45-75-77-47-42-69(57-88(77)101(5,6)86(75)54-64)103(68-41-46-76-73-19-7-11-25-83(73)100(3,4)87(76)56-68)66-39-31-60(32-40-66)72-24-16-18-62-35-51-92-98(96(62)72)80-22-10-14-28-90(80)105-92/h7-58H,1-6H3. The highest BCUT2D eigenvalue weighted by atomic mass is 32.1. The van der Waals surface area contributed by atoms with E-state index in [9.17, 15) is 0 Å². The summed E-state index contributed by atoms with van der Waals surface area (Å²) in [5.74, 6) is 0. The molecule has 5 heteroatoms. The molecule has 0 saturated heterocycles. The number of fused-ring (bicyclic) bond motifs is 22. The van der Waals surface area contributed by atoms with Gasteiger partial charge in [0.25, 0.3) is 0 Å². The highest BCUT2D eigenvalue weighted by Gasteiger charge is 2.40. The van der Waals surface area contributed by atoms with Crippen LogP contribution in [-0.4, -0.2) is 0 Å². The van der Waals surface area contributed by atoms with Gasteiger partial charge in [-0.2, -0.15) is 0 Å². The van der Waals surface area contributed by atoms with Gasteiger partial charge in [-0.15, -0.1) is 11.3 Å². The van der Waals surface area contributed by atoms with E-state index < -0.39 is 0 Å². The number of furan rings is 2. The molecule has 3 aromatic heterocycles. The quantitative estimate of drug-likeness (QED) is 0.144. The number of thiophene rings is 1. The van der Waals surface area contributed by atoms with E-state index >= 15 is 0 Å². The van der Waals surface area contributed by atoms with Crippen molar-refractivity contribution in [3.63, 3.8) is 0 Å². The van der Waals surface area contributed by atoms with Gasteiger partial charge in [0.15, 0.2) is 0 Å². The Morgan fingerprint density at radius 1 is 0.226 bits per heavy atom. The molecule has 0 atom stereocenters. The topological polar surface area (TPSA) is 32.8 Å². The zero-order valence-electron chi connectivity index (χ0n) is 59.6. The Hall–Kier alpha value is -12.5. The van der Waals surface area contributed by atoms with Gasteiger partial charge in [-0.1, -0.05) is 242 Å². The first kappa shape index (κ1) is 61.0. The number of rotatable bonds is 9. The Labute approximate surface area is 618 Å². The third-order valence-electron chi connectivity index (χ3n) is 24.3. The van der Waals surface area contributed by atoms with Crippen LogP contribution in [0.5, 0.6) is 0 Å². The molecule has 0 radical (unpaired) electrons. The van der Waals surface area contributed by atoms with Gasteiger partial charge in [0, 0.05) is 103 Å². The van der Waals surface area contributed by atoms with Gasteiger partial charge < -0.3 is 18.6 Å². The van der Waals surface area contributed by atoms with Crippen LogP contribution in [0.2, 0.25) is 0 Å². The largest absolute Gasteiger partial charge is 0.456 e. The number of nitrogens with zero attached hydrogens (tertiary/aromatic N) is 2. The monoisotopic (exact) mass is 1370 g/mol. The molecule has 16 aromatic carbocycles. The second-order valence-electron chi connectivity index (χ2n) is 31.1. The van der Waals surface area contributed by atoms with Crippen LogP contribution in [-0.2, 0) is 16.2 Å². The molecule has 0 fully saturated rings. The lowest BCUT2D eigenvalue weighted by molar-refractivity contribution is 0.660. The fraction of sp³-hybridized carbons (Fsp3) is 0.0891. The van der Waals surface area contributed by atoms with E-state index in [1.165, 1.54) is 131 Å². The Morgan fingerprint density at radius 3 is 1.22 bits per heavy atom. The molecule has 19 aromatic rings. The Kier molecular flexibility index (Phi) is 12.8. The first-order valence-corrected chi connectivity index (χ1v) is 37.8. The molecule has 0 amide bonds. The van der Waals surface area contributed by atoms with Crippen molar-refractivity contribution in [1.82, 2.24) is 0 Å². The van der Waals surface area contributed by atoms with Gasteiger partial charge in [0.1, 0.15) is 22.3 Å². The predicted molar refractivity (Wildman–Crippen MR) is 447 cm³/mol. The smallest absolute Gasteiger partial charge is 0.136 e. The van der Waals surface area contributed by atoms with Crippen molar-refractivity contribution in [2.75, 3.05) is 9.80 Å². The lowest BCUT2D eigenvalue weighted by atomic mass is 9.81. The van der Waals surface area contributed by atoms with Crippen LogP contribution in [0, 0.1) is 0 Å². The summed E-state index contributed by atoms with van der Waals surface area (Å²) >= 11 is 1.87. The van der Waals surface area contributed by atoms with Gasteiger partial charge in [-0.3, -0.25) is 0 Å². The van der Waals surface area contributed by atoms with Crippen molar-refractivity contribution < 1.29 is 8.83 Å². The second-order valence-corrected chi connectivity index (χ2v) is 32.1. The molecule has 0 bridgehead atoms. The van der Waals surface area contributed by atoms with Crippen LogP contribution in [0.3, 0.4) is 0 Å². The van der Waals surface area contributed by atoms with Crippen LogP contribution in [0.1, 0.15) is 74.9 Å². The molecule has 502 valence electrons. The molecule has 0 N–H and O–H groups in total. The second kappa shape index (κ2) is 22.2. The van der Waals surface area contributed by atoms with Gasteiger partial charge in [-0.25, -0.2) is 0 Å². The van der Waals surface area contributed by atoms with Gasteiger partial charge >= 0.3 is 0 Å². The molecule has 22 rings (SSSR count). The van der Waals surface area contributed by atoms with E-state index in [1.807, 2.05) is 17.4 Å². The van der Waals surface area contributed by atoms with E-state index in [4.69, 9.17) is 8.83 Å². The van der Waals surface area contributed by atoms with Crippen LogP contribution >= 0.6 is 11.3 Å². The fourth-order valence-corrected chi connectivity index (χ4v) is 20.1. The third kappa shape index (κ3) is 8.81. The van der Waals surface area contributed by atoms with E-state index in [0.717, 1.165) is 89.1 Å². The summed E-state index contributed by atoms with van der Waals surface area (Å²) in [7, 11) is 0. The zero-order valence-corrected chi connectivity index (χ0v) is 60.5. The number of hydrogen-bond donors (Lipinski definition) is 0. The highest BCUT2D eigenvalue weighted by molar-refractivity contribution is 7.25. The molecule has 0 saturated carbocycles. The Bertz CT molecular complexity index is 7000. The molecule has 0 spiro atoms. The van der Waals surface area contributed by atoms with Crippen molar-refractivity contribution in [3.05, 3.63) is 349 Å². The van der Waals surface area contributed by atoms with E-state index in [2.05, 4.69) is 361 Å². The normalized spacial score (nSPS) is 14.2. The summed E-state index contributed by atoms with van der Waals surface area (Å²) in [5, 5.41) is 11.9. The first-order chi connectivity index (χ1) is 51.8.